The first-order valence-electron chi connectivity index (χ1n) is 32.0. The van der Waals surface area contributed by atoms with Gasteiger partial charge in [-0.2, -0.15) is 294 Å². The lowest BCUT2D eigenvalue weighted by molar-refractivity contribution is -0.569. The van der Waals surface area contributed by atoms with Gasteiger partial charge >= 0.3 is 200 Å². The summed E-state index contributed by atoms with van der Waals surface area (Å²) in [5.74, 6) is -80.5. The standard InChI is InChI=1S/C13H7F19O3.C11H4F18O3.C9H4F14O2.C8H4F12O2.C7H7F7O.C5H4F6O.4CH3F/c1-3-5(15,9(20,21)22)33-12(29,30)8(19,11(26,27)28)35-13(31,32)7(18,10(23,24)25)34-6(16,17)4(2)14;1-3(12)5(16,17)31-7(19,9(23,24)25)11(28,29)32-6(18,8(20,21)22)10(26,27)30-2-4(13,14)15;1-3(11)5(13,14)25-6(15,8(19,20)21)9(22,23)24-4(12,2-10)7(16,17)18;1-3(9)5(13,14)22-6(15,7(16,17)18)8(19,20)21-2-4(10,11)12;1-3-5(9,7(12,13)14)15-6(10,11)4(2)8;1-3(6)5(10,11)12-2-4(7,8)9;4*1-2/h2-3H2,1H3;1-2H2;1-2H2;1-2H2;2-3H2,1H3;1-2H2;4*1H3. The zero-order chi connectivity index (χ0) is 125. The Morgan fingerprint density at radius 2 is 0.302 bits per heavy atom. The molecular weight excluding hydrogens is 2400 g/mol. The van der Waals surface area contributed by atoms with Crippen molar-refractivity contribution in [3.8, 4) is 0 Å². The lowest BCUT2D eigenvalue weighted by Crippen LogP contribution is -2.69. The molecule has 0 radical (unpaired) electrons. The van der Waals surface area contributed by atoms with Crippen LogP contribution in [-0.4, -0.2) is 255 Å². The van der Waals surface area contributed by atoms with Crippen LogP contribution >= 0.6 is 0 Å². The first kappa shape index (κ1) is 161. The minimum atomic E-state index is -8.08. The van der Waals surface area contributed by atoms with E-state index >= 15 is 0 Å². The van der Waals surface area contributed by atoms with Gasteiger partial charge in [0, 0.05) is 12.8 Å². The van der Waals surface area contributed by atoms with Gasteiger partial charge < -0.3 is 14.2 Å². The van der Waals surface area contributed by atoms with Crippen molar-refractivity contribution in [2.24, 2.45) is 0 Å². The molecular formula is C57H42F80O12. The fraction of sp³-hybridized carbons (Fsp3) is 0.789. The van der Waals surface area contributed by atoms with Crippen LogP contribution in [-0.2, 0) is 56.8 Å². The van der Waals surface area contributed by atoms with E-state index in [9.17, 15) is 351 Å². The van der Waals surface area contributed by atoms with E-state index in [1.807, 2.05) is 18.9 Å². The van der Waals surface area contributed by atoms with E-state index in [1.165, 1.54) is 22.6 Å². The van der Waals surface area contributed by atoms with Gasteiger partial charge in [0.15, 0.2) is 41.6 Å². The maximum absolute atomic E-state index is 14.0. The molecule has 92 heteroatoms. The Balaban J connectivity index is -0.000000197. The van der Waals surface area contributed by atoms with Crippen molar-refractivity contribution >= 4 is 0 Å². The molecule has 0 aliphatic heterocycles. The van der Waals surface area contributed by atoms with Gasteiger partial charge in [-0.1, -0.05) is 53.3 Å². The van der Waals surface area contributed by atoms with Crippen molar-refractivity contribution in [2.45, 2.75) is 227 Å². The molecule has 149 heavy (non-hydrogen) atoms. The van der Waals surface area contributed by atoms with Gasteiger partial charge in [0.25, 0.3) is 0 Å². The summed E-state index contributed by atoms with van der Waals surface area (Å²) in [6.07, 6.45) is -165. The summed E-state index contributed by atoms with van der Waals surface area (Å²) < 4.78 is 1020. The van der Waals surface area contributed by atoms with Crippen LogP contribution in [0.2, 0.25) is 0 Å². The average molecular weight is 2440 g/mol. The molecule has 0 saturated heterocycles. The van der Waals surface area contributed by atoms with Crippen LogP contribution in [0.3, 0.4) is 0 Å². The summed E-state index contributed by atoms with van der Waals surface area (Å²) in [5, 5.41) is 0. The van der Waals surface area contributed by atoms with E-state index in [4.69, 9.17) is 0 Å². The fourth-order valence-electron chi connectivity index (χ4n) is 5.51. The van der Waals surface area contributed by atoms with E-state index in [1.54, 1.807) is 22.6 Å². The van der Waals surface area contributed by atoms with Crippen LogP contribution in [0, 0.1) is 0 Å². The molecule has 0 heterocycles. The molecule has 0 fully saturated rings. The summed E-state index contributed by atoms with van der Waals surface area (Å²) >= 11 is 0. The van der Waals surface area contributed by atoms with Crippen LogP contribution in [0.25, 0.3) is 0 Å². The van der Waals surface area contributed by atoms with E-state index < -0.39 is 274 Å². The number of rotatable bonds is 39. The molecule has 12 nitrogen and oxygen atoms in total. The van der Waals surface area contributed by atoms with Crippen molar-refractivity contribution in [3.05, 3.63) is 74.4 Å². The van der Waals surface area contributed by atoms with Crippen LogP contribution in [0.5, 0.6) is 0 Å². The molecule has 902 valence electrons. The highest BCUT2D eigenvalue weighted by molar-refractivity contribution is 5.04. The van der Waals surface area contributed by atoms with Gasteiger partial charge in [0.05, 0.1) is 28.7 Å². The minimum Gasteiger partial charge on any atom is -0.306 e. The largest absolute Gasteiger partial charge is 0.458 e. The van der Waals surface area contributed by atoms with Gasteiger partial charge in [0.2, 0.25) is 0 Å². The van der Waals surface area contributed by atoms with Gasteiger partial charge in [0.1, 0.15) is 19.8 Å². The van der Waals surface area contributed by atoms with E-state index in [2.05, 4.69) is 32.1 Å². The highest BCUT2D eigenvalue weighted by atomic mass is 19.5. The second-order valence-electron chi connectivity index (χ2n) is 23.3. The zero-order valence-corrected chi connectivity index (χ0v) is 69.1. The molecule has 0 aromatic rings. The molecule has 0 N–H and O–H groups in total. The van der Waals surface area contributed by atoms with Gasteiger partial charge in [-0.3, -0.25) is 60.2 Å². The quantitative estimate of drug-likeness (QED) is 0.0547. The molecule has 0 bridgehead atoms. The first-order chi connectivity index (χ1) is 64.1. The molecule has 0 aromatic heterocycles. The molecule has 9 atom stereocenters. The first-order valence-corrected chi connectivity index (χ1v) is 32.0. The second-order valence-corrected chi connectivity index (χ2v) is 23.3. The third-order valence-electron chi connectivity index (χ3n) is 12.4. The number of ether oxygens (including phenoxy) is 12. The molecule has 0 spiro atoms. The van der Waals surface area contributed by atoms with Crippen LogP contribution < -0.4 is 0 Å². The predicted molar refractivity (Wildman–Crippen MR) is 310 cm³/mol. The SMILES string of the molecule is C=C(F)C(F)(F)OC(F)(C(F)(F)F)C(F)(F)OC(F)(C(F)(F)F)C(F)(F)OC(F)(CC)C(F)(F)F.C=C(F)C(F)(F)OC(F)(C(F)(F)F)C(F)(F)OC(F)(C(F)(F)F)C(F)(F)OCC(F)(F)F.C=C(F)C(F)(F)OC(F)(C(F)(F)F)C(F)(F)OC(F)(CF)C(F)(F)F.C=C(F)C(F)(F)OC(F)(C(F)(F)F)C(F)(F)OCC(F)(F)F.C=C(F)C(F)(F)OC(F)(CC)C(F)(F)F.C=C(F)C(F)(F)OCC(F)(F)F.CF.CF.CF.CF. The topological polar surface area (TPSA) is 111 Å². The summed E-state index contributed by atoms with van der Waals surface area (Å²) in [4.78, 5) is 0. The molecule has 0 amide bonds. The Morgan fingerprint density at radius 1 is 0.168 bits per heavy atom. The summed E-state index contributed by atoms with van der Waals surface area (Å²) in [6, 6.07) is 0. The molecule has 0 aromatic carbocycles. The van der Waals surface area contributed by atoms with Crippen molar-refractivity contribution in [2.75, 3.05) is 55.2 Å². The van der Waals surface area contributed by atoms with Crippen LogP contribution in [0.1, 0.15) is 26.7 Å². The summed E-state index contributed by atoms with van der Waals surface area (Å²) in [6.45, 7) is -1.47. The molecule has 9 unspecified atom stereocenters. The normalized spacial score (nSPS) is 17.5. The van der Waals surface area contributed by atoms with Gasteiger partial charge in [-0.25, -0.2) is 39.5 Å². The van der Waals surface area contributed by atoms with Gasteiger partial charge in [-0.15, -0.1) is 0 Å². The Hall–Kier alpha value is -7.64. The Morgan fingerprint density at radius 3 is 0.450 bits per heavy atom. The third kappa shape index (κ3) is 43.9. The van der Waals surface area contributed by atoms with Crippen molar-refractivity contribution in [1.82, 2.24) is 0 Å². The highest BCUT2D eigenvalue weighted by Gasteiger charge is 2.89. The Kier molecular flexibility index (Phi) is 57.6. The van der Waals surface area contributed by atoms with Crippen molar-refractivity contribution in [1.29, 1.82) is 0 Å². The van der Waals surface area contributed by atoms with E-state index in [-0.39, 0.29) is 6.92 Å². The van der Waals surface area contributed by atoms with E-state index in [0.29, 0.717) is 35.6 Å². The van der Waals surface area contributed by atoms with E-state index in [0.717, 1.165) is 0 Å². The second kappa shape index (κ2) is 53.2. The summed E-state index contributed by atoms with van der Waals surface area (Å²) in [7, 11) is 2.00. The van der Waals surface area contributed by atoms with Gasteiger partial charge in [-0.05, 0) is 0 Å². The highest BCUT2D eigenvalue weighted by Crippen LogP contribution is 2.63. The average Bonchev–Trinajstić information content (AvgIpc) is 0.718. The zero-order valence-electron chi connectivity index (χ0n) is 69.1. The smallest absolute Gasteiger partial charge is 0.306 e. The predicted octanol–water partition coefficient (Wildman–Crippen LogP) is 32.0. The minimum absolute atomic E-state index is 0.0947. The lowest BCUT2D eigenvalue weighted by atomic mass is 10.2. The number of halogens is 80. The number of hydrogen-bond donors (Lipinski definition) is 0. The Labute approximate surface area is 765 Å². The molecule has 0 aliphatic rings. The number of alkyl halides is 74. The summed E-state index contributed by atoms with van der Waals surface area (Å²) in [5.41, 5.74) is 0. The number of hydrogen-bond acceptors (Lipinski definition) is 12. The van der Waals surface area contributed by atoms with Crippen molar-refractivity contribution in [3.63, 3.8) is 0 Å². The third-order valence-corrected chi connectivity index (χ3v) is 12.4. The molecule has 0 saturated carbocycles. The maximum atomic E-state index is 14.0. The molecule has 0 aliphatic carbocycles. The van der Waals surface area contributed by atoms with Crippen LogP contribution in [0.15, 0.2) is 74.4 Å². The fourth-order valence-corrected chi connectivity index (χ4v) is 5.51. The molecule has 0 rings (SSSR count). The monoisotopic (exact) mass is 2440 g/mol. The maximum Gasteiger partial charge on any atom is 0.458 e. The lowest BCUT2D eigenvalue weighted by Gasteiger charge is -2.42. The van der Waals surface area contributed by atoms with Crippen molar-refractivity contribution < 1.29 is 408 Å². The van der Waals surface area contributed by atoms with Crippen LogP contribution in [0.4, 0.5) is 351 Å². The Bertz CT molecular complexity index is 4030.